The maximum absolute atomic E-state index is 11.9. The quantitative estimate of drug-likeness (QED) is 0.733. The van der Waals surface area contributed by atoms with Gasteiger partial charge in [-0.3, -0.25) is 9.59 Å². The number of nitrogens with zero attached hydrogens (tertiary/aromatic N) is 1. The third kappa shape index (κ3) is 3.41. The van der Waals surface area contributed by atoms with Gasteiger partial charge in [-0.05, 0) is 30.9 Å². The molecule has 1 aromatic heterocycles. The lowest BCUT2D eigenvalue weighted by molar-refractivity contribution is 0.0908. The highest BCUT2D eigenvalue weighted by molar-refractivity contribution is 5.91. The van der Waals surface area contributed by atoms with Gasteiger partial charge in [0.25, 0.3) is 11.5 Å². The molecule has 1 aliphatic rings. The third-order valence-electron chi connectivity index (χ3n) is 3.88. The molecule has 6 nitrogen and oxygen atoms in total. The third-order valence-corrected chi connectivity index (χ3v) is 3.88. The van der Waals surface area contributed by atoms with Crippen molar-refractivity contribution in [1.29, 1.82) is 0 Å². The molecule has 1 fully saturated rings. The minimum Gasteiger partial charge on any atom is -0.350 e. The normalized spacial score (nSPS) is 17.9. The van der Waals surface area contributed by atoms with Gasteiger partial charge in [0, 0.05) is 12.6 Å². The molecular formula is C13H20N4O2. The summed E-state index contributed by atoms with van der Waals surface area (Å²) >= 11 is 0. The first-order valence-electron chi connectivity index (χ1n) is 6.69. The van der Waals surface area contributed by atoms with Gasteiger partial charge in [-0.15, -0.1) is 0 Å². The van der Waals surface area contributed by atoms with E-state index in [4.69, 9.17) is 5.73 Å². The number of amides is 1. The standard InChI is InChI=1S/C13H20N4O2/c14-8-13(6-2-1-3-7-13)9-15-12(19)10-4-5-11(18)17-16-10/h4-5H,1-3,6-9,14H2,(H,15,19)(H,17,18). The molecule has 0 unspecified atom stereocenters. The second-order valence-electron chi connectivity index (χ2n) is 5.25. The van der Waals surface area contributed by atoms with E-state index >= 15 is 0 Å². The van der Waals surface area contributed by atoms with Crippen LogP contribution in [0.3, 0.4) is 0 Å². The van der Waals surface area contributed by atoms with Crippen LogP contribution in [0.1, 0.15) is 42.6 Å². The SMILES string of the molecule is NCC1(CNC(=O)c2ccc(=O)[nH]n2)CCCCC1. The van der Waals surface area contributed by atoms with Crippen molar-refractivity contribution in [3.63, 3.8) is 0 Å². The Bertz CT molecular complexity index is 471. The molecule has 0 saturated heterocycles. The molecule has 0 aromatic carbocycles. The molecule has 0 radical (unpaired) electrons. The Balaban J connectivity index is 1.95. The summed E-state index contributed by atoms with van der Waals surface area (Å²) in [7, 11) is 0. The van der Waals surface area contributed by atoms with Crippen LogP contribution in [0.5, 0.6) is 0 Å². The van der Waals surface area contributed by atoms with Gasteiger partial charge in [-0.2, -0.15) is 5.10 Å². The average molecular weight is 264 g/mol. The number of aromatic nitrogens is 2. The van der Waals surface area contributed by atoms with Crippen molar-refractivity contribution in [3.05, 3.63) is 28.2 Å². The van der Waals surface area contributed by atoms with E-state index in [1.54, 1.807) is 0 Å². The summed E-state index contributed by atoms with van der Waals surface area (Å²) in [5.41, 5.74) is 5.80. The van der Waals surface area contributed by atoms with Gasteiger partial charge in [0.05, 0.1) is 0 Å². The largest absolute Gasteiger partial charge is 0.350 e. The number of carbonyl (C=O) groups excluding carboxylic acids is 1. The number of nitrogens with one attached hydrogen (secondary N) is 2. The van der Waals surface area contributed by atoms with Crippen molar-refractivity contribution in [2.24, 2.45) is 11.1 Å². The molecule has 0 aliphatic heterocycles. The topological polar surface area (TPSA) is 101 Å². The summed E-state index contributed by atoms with van der Waals surface area (Å²) in [6.07, 6.45) is 5.71. The second kappa shape index (κ2) is 5.97. The van der Waals surface area contributed by atoms with Gasteiger partial charge < -0.3 is 11.1 Å². The summed E-state index contributed by atoms with van der Waals surface area (Å²) in [5.74, 6) is -0.269. The number of hydrogen-bond donors (Lipinski definition) is 3. The summed E-state index contributed by atoms with van der Waals surface area (Å²) < 4.78 is 0. The molecular weight excluding hydrogens is 244 g/mol. The lowest BCUT2D eigenvalue weighted by atomic mass is 9.74. The molecule has 4 N–H and O–H groups in total. The van der Waals surface area contributed by atoms with Crippen LogP contribution >= 0.6 is 0 Å². The van der Waals surface area contributed by atoms with E-state index in [1.807, 2.05) is 0 Å². The number of hydrogen-bond acceptors (Lipinski definition) is 4. The van der Waals surface area contributed by atoms with Crippen LogP contribution < -0.4 is 16.6 Å². The first kappa shape index (κ1) is 13.7. The number of rotatable bonds is 4. The van der Waals surface area contributed by atoms with E-state index in [0.717, 1.165) is 12.8 Å². The molecule has 0 spiro atoms. The fraction of sp³-hybridized carbons (Fsp3) is 0.615. The van der Waals surface area contributed by atoms with Crippen molar-refractivity contribution in [1.82, 2.24) is 15.5 Å². The molecule has 6 heteroatoms. The Morgan fingerprint density at radius 2 is 2.11 bits per heavy atom. The highest BCUT2D eigenvalue weighted by Gasteiger charge is 2.31. The van der Waals surface area contributed by atoms with Gasteiger partial charge in [0.2, 0.25) is 0 Å². The maximum Gasteiger partial charge on any atom is 0.271 e. The highest BCUT2D eigenvalue weighted by Crippen LogP contribution is 2.34. The van der Waals surface area contributed by atoms with Crippen LogP contribution in [-0.2, 0) is 0 Å². The molecule has 104 valence electrons. The lowest BCUT2D eigenvalue weighted by Gasteiger charge is -2.36. The molecule has 1 amide bonds. The zero-order chi connectivity index (χ0) is 13.7. The van der Waals surface area contributed by atoms with E-state index in [-0.39, 0.29) is 22.6 Å². The Hall–Kier alpha value is -1.69. The predicted molar refractivity (Wildman–Crippen MR) is 71.8 cm³/mol. The summed E-state index contributed by atoms with van der Waals surface area (Å²) in [6.45, 7) is 1.16. The molecule has 2 rings (SSSR count). The maximum atomic E-state index is 11.9. The first-order chi connectivity index (χ1) is 9.15. The van der Waals surface area contributed by atoms with Crippen LogP contribution in [0.15, 0.2) is 16.9 Å². The number of carbonyl (C=O) groups is 1. The Kier molecular flexibility index (Phi) is 4.31. The predicted octanol–water partition coefficient (Wildman–Crippen LogP) is 0.409. The number of aromatic amines is 1. The van der Waals surface area contributed by atoms with Gasteiger partial charge in [-0.1, -0.05) is 19.3 Å². The van der Waals surface area contributed by atoms with Crippen LogP contribution in [-0.4, -0.2) is 29.2 Å². The van der Waals surface area contributed by atoms with Crippen molar-refractivity contribution in [2.75, 3.05) is 13.1 Å². The molecule has 1 saturated carbocycles. The molecule has 0 bridgehead atoms. The lowest BCUT2D eigenvalue weighted by Crippen LogP contribution is -2.44. The first-order valence-corrected chi connectivity index (χ1v) is 6.69. The fourth-order valence-corrected chi connectivity index (χ4v) is 2.58. The van der Waals surface area contributed by atoms with E-state index in [0.29, 0.717) is 13.1 Å². The molecule has 1 aliphatic carbocycles. The van der Waals surface area contributed by atoms with Crippen molar-refractivity contribution < 1.29 is 4.79 Å². The van der Waals surface area contributed by atoms with Crippen LogP contribution in [0.4, 0.5) is 0 Å². The van der Waals surface area contributed by atoms with Gasteiger partial charge in [-0.25, -0.2) is 5.10 Å². The Labute approximate surface area is 111 Å². The van der Waals surface area contributed by atoms with Crippen LogP contribution in [0, 0.1) is 5.41 Å². The van der Waals surface area contributed by atoms with E-state index < -0.39 is 0 Å². The van der Waals surface area contributed by atoms with Crippen molar-refractivity contribution in [3.8, 4) is 0 Å². The minimum absolute atomic E-state index is 0.0239. The van der Waals surface area contributed by atoms with Crippen molar-refractivity contribution in [2.45, 2.75) is 32.1 Å². The second-order valence-corrected chi connectivity index (χ2v) is 5.25. The van der Waals surface area contributed by atoms with E-state index in [9.17, 15) is 9.59 Å². The van der Waals surface area contributed by atoms with E-state index in [2.05, 4.69) is 15.5 Å². The van der Waals surface area contributed by atoms with Crippen LogP contribution in [0.25, 0.3) is 0 Å². The summed E-state index contributed by atoms with van der Waals surface area (Å²) in [5, 5.41) is 8.84. The zero-order valence-electron chi connectivity index (χ0n) is 10.9. The van der Waals surface area contributed by atoms with E-state index in [1.165, 1.54) is 31.4 Å². The Morgan fingerprint density at radius 3 is 2.68 bits per heavy atom. The van der Waals surface area contributed by atoms with Crippen molar-refractivity contribution >= 4 is 5.91 Å². The smallest absolute Gasteiger partial charge is 0.271 e. The van der Waals surface area contributed by atoms with Crippen LogP contribution in [0.2, 0.25) is 0 Å². The average Bonchev–Trinajstić information content (AvgIpc) is 2.46. The monoisotopic (exact) mass is 264 g/mol. The highest BCUT2D eigenvalue weighted by atomic mass is 16.2. The molecule has 0 atom stereocenters. The minimum atomic E-state index is -0.317. The zero-order valence-corrected chi connectivity index (χ0v) is 10.9. The van der Waals surface area contributed by atoms with Gasteiger partial charge >= 0.3 is 0 Å². The molecule has 1 aromatic rings. The fourth-order valence-electron chi connectivity index (χ4n) is 2.58. The Morgan fingerprint density at radius 1 is 1.37 bits per heavy atom. The number of nitrogens with two attached hydrogens (primary N) is 1. The van der Waals surface area contributed by atoms with Gasteiger partial charge in [0.15, 0.2) is 0 Å². The molecule has 1 heterocycles. The molecule has 19 heavy (non-hydrogen) atoms. The number of H-pyrrole nitrogens is 1. The summed E-state index contributed by atoms with van der Waals surface area (Å²) in [6, 6.07) is 2.71. The summed E-state index contributed by atoms with van der Waals surface area (Å²) in [4.78, 5) is 22.8. The van der Waals surface area contributed by atoms with Gasteiger partial charge in [0.1, 0.15) is 5.69 Å².